The molecule has 0 aliphatic heterocycles. The third-order valence-corrected chi connectivity index (χ3v) is 4.53. The van der Waals surface area contributed by atoms with Crippen molar-refractivity contribution in [3.63, 3.8) is 0 Å². The summed E-state index contributed by atoms with van der Waals surface area (Å²) in [7, 11) is -3.08. The number of nitrogens with one attached hydrogen (secondary N) is 1. The lowest BCUT2D eigenvalue weighted by molar-refractivity contribution is 0.457. The van der Waals surface area contributed by atoms with E-state index in [1.165, 1.54) is 0 Å². The van der Waals surface area contributed by atoms with Gasteiger partial charge >= 0.3 is 0 Å². The van der Waals surface area contributed by atoms with Crippen molar-refractivity contribution in [2.75, 3.05) is 17.6 Å². The van der Waals surface area contributed by atoms with Gasteiger partial charge < -0.3 is 0 Å². The highest BCUT2D eigenvalue weighted by atomic mass is 79.9. The lowest BCUT2D eigenvalue weighted by Crippen LogP contribution is -2.32. The van der Waals surface area contributed by atoms with Crippen molar-refractivity contribution in [3.05, 3.63) is 0 Å². The van der Waals surface area contributed by atoms with Crippen LogP contribution in [0.1, 0.15) is 40.0 Å². The molecule has 0 amide bonds. The van der Waals surface area contributed by atoms with Crippen molar-refractivity contribution < 1.29 is 8.42 Å². The van der Waals surface area contributed by atoms with Crippen molar-refractivity contribution in [2.24, 2.45) is 11.8 Å². The molecule has 0 bridgehead atoms. The molecule has 16 heavy (non-hydrogen) atoms. The van der Waals surface area contributed by atoms with E-state index in [9.17, 15) is 8.42 Å². The van der Waals surface area contributed by atoms with Gasteiger partial charge in [-0.2, -0.15) is 0 Å². The van der Waals surface area contributed by atoms with Gasteiger partial charge in [-0.05, 0) is 24.7 Å². The van der Waals surface area contributed by atoms with Crippen LogP contribution in [-0.2, 0) is 10.0 Å². The van der Waals surface area contributed by atoms with Crippen LogP contribution in [0.5, 0.6) is 0 Å². The highest BCUT2D eigenvalue weighted by Gasteiger charge is 2.15. The Morgan fingerprint density at radius 3 is 2.31 bits per heavy atom. The van der Waals surface area contributed by atoms with Gasteiger partial charge in [0.2, 0.25) is 10.0 Å². The van der Waals surface area contributed by atoms with Crippen LogP contribution >= 0.6 is 15.9 Å². The van der Waals surface area contributed by atoms with Crippen molar-refractivity contribution in [3.8, 4) is 0 Å². The zero-order chi connectivity index (χ0) is 12.6. The quantitative estimate of drug-likeness (QED) is 0.665. The number of alkyl halides is 1. The van der Waals surface area contributed by atoms with Crippen LogP contribution in [-0.4, -0.2) is 26.0 Å². The maximum atomic E-state index is 11.6. The summed E-state index contributed by atoms with van der Waals surface area (Å²) in [6.45, 7) is 6.54. The first-order valence-electron chi connectivity index (χ1n) is 5.94. The van der Waals surface area contributed by atoms with Crippen LogP contribution in [0, 0.1) is 11.8 Å². The number of hydrogen-bond acceptors (Lipinski definition) is 2. The van der Waals surface area contributed by atoms with Crippen LogP contribution in [0.4, 0.5) is 0 Å². The fourth-order valence-corrected chi connectivity index (χ4v) is 3.79. The van der Waals surface area contributed by atoms with Gasteiger partial charge in [0.15, 0.2) is 0 Å². The smallest absolute Gasteiger partial charge is 0.211 e. The van der Waals surface area contributed by atoms with E-state index in [-0.39, 0.29) is 11.7 Å². The van der Waals surface area contributed by atoms with Crippen LogP contribution in [0.15, 0.2) is 0 Å². The molecular formula is C11H24BrNO2S. The van der Waals surface area contributed by atoms with E-state index in [1.54, 1.807) is 0 Å². The third-order valence-electron chi connectivity index (χ3n) is 2.36. The monoisotopic (exact) mass is 313 g/mol. The Bertz CT molecular complexity index is 259. The van der Waals surface area contributed by atoms with Crippen molar-refractivity contribution in [2.45, 2.75) is 40.0 Å². The molecule has 1 unspecified atom stereocenters. The first-order chi connectivity index (χ1) is 7.41. The zero-order valence-electron chi connectivity index (χ0n) is 10.5. The summed E-state index contributed by atoms with van der Waals surface area (Å²) in [5, 5.41) is 0.934. The molecule has 1 atom stereocenters. The Labute approximate surface area is 109 Å². The highest BCUT2D eigenvalue weighted by Crippen LogP contribution is 2.12. The molecule has 0 radical (unpaired) electrons. The fraction of sp³-hybridized carbons (Fsp3) is 1.00. The molecule has 0 heterocycles. The molecule has 5 heteroatoms. The van der Waals surface area contributed by atoms with E-state index in [1.807, 2.05) is 13.8 Å². The van der Waals surface area contributed by atoms with Gasteiger partial charge in [-0.1, -0.05) is 43.1 Å². The molecule has 0 aromatic rings. The molecule has 3 nitrogen and oxygen atoms in total. The zero-order valence-corrected chi connectivity index (χ0v) is 12.9. The summed E-state index contributed by atoms with van der Waals surface area (Å²) < 4.78 is 26.0. The van der Waals surface area contributed by atoms with E-state index in [2.05, 4.69) is 27.6 Å². The molecule has 0 aromatic heterocycles. The van der Waals surface area contributed by atoms with E-state index in [4.69, 9.17) is 0 Å². The van der Waals surface area contributed by atoms with E-state index in [0.717, 1.165) is 24.6 Å². The summed E-state index contributed by atoms with van der Waals surface area (Å²) in [5.74, 6) is 0.852. The summed E-state index contributed by atoms with van der Waals surface area (Å²) in [6.07, 6.45) is 3.21. The maximum Gasteiger partial charge on any atom is 0.211 e. The Kier molecular flexibility index (Phi) is 8.68. The van der Waals surface area contributed by atoms with Gasteiger partial charge in [-0.3, -0.25) is 0 Å². The number of halogens is 1. The number of hydrogen-bond donors (Lipinski definition) is 1. The average molecular weight is 314 g/mol. The summed E-state index contributed by atoms with van der Waals surface area (Å²) >= 11 is 3.40. The predicted octanol–water partition coefficient (Wildman–Crippen LogP) is 2.76. The summed E-state index contributed by atoms with van der Waals surface area (Å²) in [6, 6.07) is 0. The van der Waals surface area contributed by atoms with E-state index in [0.29, 0.717) is 12.5 Å². The van der Waals surface area contributed by atoms with E-state index < -0.39 is 10.0 Å². The second-order valence-electron chi connectivity index (χ2n) is 4.66. The second kappa shape index (κ2) is 8.48. The van der Waals surface area contributed by atoms with Crippen molar-refractivity contribution >= 4 is 26.0 Å². The van der Waals surface area contributed by atoms with E-state index >= 15 is 0 Å². The molecule has 0 aliphatic carbocycles. The summed E-state index contributed by atoms with van der Waals surface area (Å²) in [4.78, 5) is 0. The van der Waals surface area contributed by atoms with Crippen molar-refractivity contribution in [1.82, 2.24) is 4.72 Å². The molecule has 1 N–H and O–H groups in total. The molecule has 98 valence electrons. The first kappa shape index (κ1) is 16.4. The fourth-order valence-electron chi connectivity index (χ4n) is 1.65. The number of sulfonamides is 1. The molecule has 0 spiro atoms. The standard InChI is InChI=1S/C11H24BrNO2S/c1-4-5-11(6-7-12)8-13-16(14,15)9-10(2)3/h10-11,13H,4-9H2,1-3H3. The largest absolute Gasteiger partial charge is 0.215 e. The van der Waals surface area contributed by atoms with Crippen molar-refractivity contribution in [1.29, 1.82) is 0 Å². The minimum absolute atomic E-state index is 0.179. The third kappa shape index (κ3) is 8.53. The Hall–Kier alpha value is 0.390. The van der Waals surface area contributed by atoms with Crippen LogP contribution in [0.2, 0.25) is 0 Å². The lowest BCUT2D eigenvalue weighted by Gasteiger charge is -2.16. The van der Waals surface area contributed by atoms with Crippen LogP contribution in [0.25, 0.3) is 0 Å². The molecule has 0 rings (SSSR count). The summed E-state index contributed by atoms with van der Waals surface area (Å²) in [5.41, 5.74) is 0. The minimum Gasteiger partial charge on any atom is -0.215 e. The van der Waals surface area contributed by atoms with Gasteiger partial charge in [0.25, 0.3) is 0 Å². The van der Waals surface area contributed by atoms with Gasteiger partial charge in [-0.25, -0.2) is 13.1 Å². The van der Waals surface area contributed by atoms with Crippen LogP contribution < -0.4 is 4.72 Å². The Morgan fingerprint density at radius 1 is 1.25 bits per heavy atom. The lowest BCUT2D eigenvalue weighted by atomic mass is 10.0. The normalized spacial score (nSPS) is 14.3. The molecule has 0 fully saturated rings. The van der Waals surface area contributed by atoms with Gasteiger partial charge in [0.05, 0.1) is 5.75 Å². The predicted molar refractivity (Wildman–Crippen MR) is 73.4 cm³/mol. The Morgan fingerprint density at radius 2 is 1.88 bits per heavy atom. The highest BCUT2D eigenvalue weighted by molar-refractivity contribution is 9.09. The topological polar surface area (TPSA) is 46.2 Å². The molecule has 0 aromatic carbocycles. The first-order valence-corrected chi connectivity index (χ1v) is 8.72. The Balaban J connectivity index is 4.08. The molecule has 0 aliphatic rings. The number of rotatable bonds is 9. The SMILES string of the molecule is CCCC(CCBr)CNS(=O)(=O)CC(C)C. The van der Waals surface area contributed by atoms with Gasteiger partial charge in [0.1, 0.15) is 0 Å². The average Bonchev–Trinajstić information content (AvgIpc) is 2.13. The van der Waals surface area contributed by atoms with Gasteiger partial charge in [-0.15, -0.1) is 0 Å². The molecule has 0 saturated heterocycles. The second-order valence-corrected chi connectivity index (χ2v) is 7.30. The van der Waals surface area contributed by atoms with Gasteiger partial charge in [0, 0.05) is 11.9 Å². The maximum absolute atomic E-state index is 11.6. The molecular weight excluding hydrogens is 290 g/mol. The molecule has 0 saturated carbocycles. The van der Waals surface area contributed by atoms with Crippen LogP contribution in [0.3, 0.4) is 0 Å². The minimum atomic E-state index is -3.08.